The van der Waals surface area contributed by atoms with Gasteiger partial charge in [0.25, 0.3) is 0 Å². The van der Waals surface area contributed by atoms with Crippen molar-refractivity contribution in [1.29, 1.82) is 0 Å². The lowest BCUT2D eigenvalue weighted by Crippen LogP contribution is -2.32. The van der Waals surface area contributed by atoms with Crippen molar-refractivity contribution in [1.82, 2.24) is 5.32 Å². The van der Waals surface area contributed by atoms with Gasteiger partial charge in [0.05, 0.1) is 6.61 Å². The van der Waals surface area contributed by atoms with Crippen LogP contribution < -0.4 is 5.32 Å². The first kappa shape index (κ1) is 13.0. The number of hydrogen-bond donors (Lipinski definition) is 2. The summed E-state index contributed by atoms with van der Waals surface area (Å²) >= 11 is 0. The molecule has 0 saturated heterocycles. The van der Waals surface area contributed by atoms with Crippen LogP contribution in [0.4, 0.5) is 0 Å². The van der Waals surface area contributed by atoms with E-state index in [-0.39, 0.29) is 12.1 Å². The minimum atomic E-state index is 0.116. The molecule has 1 aromatic carbocycles. The first-order valence-corrected chi connectivity index (χ1v) is 5.59. The van der Waals surface area contributed by atoms with Gasteiger partial charge in [0.1, 0.15) is 5.75 Å². The van der Waals surface area contributed by atoms with Crippen LogP contribution in [0, 0.1) is 6.92 Å². The third kappa shape index (κ3) is 3.51. The monoisotopic (exact) mass is 223 g/mol. The van der Waals surface area contributed by atoms with Gasteiger partial charge in [-0.05, 0) is 26.8 Å². The summed E-state index contributed by atoms with van der Waals surface area (Å²) in [5, 5.41) is 13.2. The van der Waals surface area contributed by atoms with Gasteiger partial charge < -0.3 is 15.2 Å². The summed E-state index contributed by atoms with van der Waals surface area (Å²) in [5.41, 5.74) is 2.09. The van der Waals surface area contributed by atoms with Crippen LogP contribution in [0.5, 0.6) is 5.75 Å². The van der Waals surface area contributed by atoms with Crippen LogP contribution in [0.25, 0.3) is 0 Å². The number of benzene rings is 1. The molecule has 0 spiro atoms. The largest absolute Gasteiger partial charge is 0.508 e. The van der Waals surface area contributed by atoms with Crippen molar-refractivity contribution in [2.24, 2.45) is 0 Å². The Kier molecular flexibility index (Phi) is 4.77. The van der Waals surface area contributed by atoms with E-state index in [1.54, 1.807) is 13.2 Å². The molecule has 0 bridgehead atoms. The SMILES string of the molecule is COCC(C)NC(C)c1cc(C)ccc1O. The van der Waals surface area contributed by atoms with Crippen LogP contribution in [0.2, 0.25) is 0 Å². The van der Waals surface area contributed by atoms with E-state index in [1.165, 1.54) is 0 Å². The van der Waals surface area contributed by atoms with Crippen molar-refractivity contribution in [3.05, 3.63) is 29.3 Å². The Hall–Kier alpha value is -1.06. The van der Waals surface area contributed by atoms with Crippen molar-refractivity contribution < 1.29 is 9.84 Å². The number of nitrogens with one attached hydrogen (secondary N) is 1. The molecule has 1 rings (SSSR count). The topological polar surface area (TPSA) is 41.5 Å². The Morgan fingerprint density at radius 2 is 2.06 bits per heavy atom. The Balaban J connectivity index is 2.72. The molecule has 0 fully saturated rings. The molecule has 2 unspecified atom stereocenters. The van der Waals surface area contributed by atoms with Gasteiger partial charge in [0.15, 0.2) is 0 Å². The zero-order chi connectivity index (χ0) is 12.1. The lowest BCUT2D eigenvalue weighted by molar-refractivity contribution is 0.167. The number of aromatic hydroxyl groups is 1. The second kappa shape index (κ2) is 5.87. The molecule has 0 aliphatic carbocycles. The van der Waals surface area contributed by atoms with Gasteiger partial charge in [-0.3, -0.25) is 0 Å². The molecule has 2 N–H and O–H groups in total. The summed E-state index contributed by atoms with van der Waals surface area (Å²) in [6.45, 7) is 6.79. The fourth-order valence-corrected chi connectivity index (χ4v) is 1.84. The molecule has 3 nitrogen and oxygen atoms in total. The van der Waals surface area contributed by atoms with Crippen molar-refractivity contribution in [2.45, 2.75) is 32.9 Å². The summed E-state index contributed by atoms with van der Waals surface area (Å²) in [4.78, 5) is 0. The maximum absolute atomic E-state index is 9.78. The molecule has 2 atom stereocenters. The summed E-state index contributed by atoms with van der Waals surface area (Å²) in [5.74, 6) is 0.343. The zero-order valence-electron chi connectivity index (χ0n) is 10.4. The van der Waals surface area contributed by atoms with E-state index >= 15 is 0 Å². The van der Waals surface area contributed by atoms with E-state index < -0.39 is 0 Å². The fourth-order valence-electron chi connectivity index (χ4n) is 1.84. The Labute approximate surface area is 97.4 Å². The molecule has 0 saturated carbocycles. The highest BCUT2D eigenvalue weighted by Crippen LogP contribution is 2.25. The third-order valence-electron chi connectivity index (χ3n) is 2.60. The molecule has 0 amide bonds. The van der Waals surface area contributed by atoms with Gasteiger partial charge in [-0.15, -0.1) is 0 Å². The maximum Gasteiger partial charge on any atom is 0.120 e. The van der Waals surface area contributed by atoms with E-state index in [9.17, 15) is 5.11 Å². The van der Waals surface area contributed by atoms with Crippen molar-refractivity contribution in [2.75, 3.05) is 13.7 Å². The number of hydrogen-bond acceptors (Lipinski definition) is 3. The Bertz CT molecular complexity index is 339. The summed E-state index contributed by atoms with van der Waals surface area (Å²) < 4.78 is 5.07. The lowest BCUT2D eigenvalue weighted by Gasteiger charge is -2.20. The molecular formula is C13H21NO2. The lowest BCUT2D eigenvalue weighted by atomic mass is 10.0. The highest BCUT2D eigenvalue weighted by molar-refractivity contribution is 5.37. The third-order valence-corrected chi connectivity index (χ3v) is 2.60. The highest BCUT2D eigenvalue weighted by Gasteiger charge is 2.12. The van der Waals surface area contributed by atoms with Crippen LogP contribution in [-0.2, 0) is 4.74 Å². The van der Waals surface area contributed by atoms with Gasteiger partial charge in [0, 0.05) is 24.8 Å². The fraction of sp³-hybridized carbons (Fsp3) is 0.538. The Morgan fingerprint density at radius 3 is 2.69 bits per heavy atom. The number of phenolic OH excluding ortho intramolecular Hbond substituents is 1. The van der Waals surface area contributed by atoms with E-state index in [1.807, 2.05) is 26.0 Å². The minimum absolute atomic E-state index is 0.116. The van der Waals surface area contributed by atoms with Crippen LogP contribution in [0.3, 0.4) is 0 Å². The van der Waals surface area contributed by atoms with Gasteiger partial charge in [0.2, 0.25) is 0 Å². The van der Waals surface area contributed by atoms with E-state index in [4.69, 9.17) is 4.74 Å². The predicted octanol–water partition coefficient (Wildman–Crippen LogP) is 2.39. The average molecular weight is 223 g/mol. The van der Waals surface area contributed by atoms with Gasteiger partial charge >= 0.3 is 0 Å². The number of ether oxygens (including phenoxy) is 1. The molecule has 0 aliphatic heterocycles. The van der Waals surface area contributed by atoms with Gasteiger partial charge in [-0.25, -0.2) is 0 Å². The van der Waals surface area contributed by atoms with E-state index in [0.717, 1.165) is 11.1 Å². The Morgan fingerprint density at radius 1 is 1.38 bits per heavy atom. The van der Waals surface area contributed by atoms with E-state index in [0.29, 0.717) is 12.4 Å². The smallest absolute Gasteiger partial charge is 0.120 e. The summed E-state index contributed by atoms with van der Waals surface area (Å²) in [6, 6.07) is 6.03. The summed E-state index contributed by atoms with van der Waals surface area (Å²) in [7, 11) is 1.69. The highest BCUT2D eigenvalue weighted by atomic mass is 16.5. The first-order chi connectivity index (χ1) is 7.54. The van der Waals surface area contributed by atoms with Gasteiger partial charge in [-0.1, -0.05) is 17.7 Å². The number of rotatable bonds is 5. The second-order valence-electron chi connectivity index (χ2n) is 4.31. The normalized spacial score (nSPS) is 14.8. The van der Waals surface area contributed by atoms with Crippen molar-refractivity contribution >= 4 is 0 Å². The molecular weight excluding hydrogens is 202 g/mol. The first-order valence-electron chi connectivity index (χ1n) is 5.59. The molecule has 3 heteroatoms. The molecule has 0 aromatic heterocycles. The number of aryl methyl sites for hydroxylation is 1. The van der Waals surface area contributed by atoms with Crippen LogP contribution in [-0.4, -0.2) is 24.9 Å². The van der Waals surface area contributed by atoms with Gasteiger partial charge in [-0.2, -0.15) is 0 Å². The average Bonchev–Trinajstić information content (AvgIpc) is 2.21. The molecule has 0 heterocycles. The molecule has 0 aliphatic rings. The minimum Gasteiger partial charge on any atom is -0.508 e. The van der Waals surface area contributed by atoms with Crippen LogP contribution in [0.15, 0.2) is 18.2 Å². The molecule has 90 valence electrons. The standard InChI is InChI=1S/C13H21NO2/c1-9-5-6-13(15)12(7-9)11(3)14-10(2)8-16-4/h5-7,10-11,14-15H,8H2,1-4H3. The van der Waals surface area contributed by atoms with Crippen LogP contribution in [0.1, 0.15) is 31.0 Å². The number of phenols is 1. The van der Waals surface area contributed by atoms with Crippen molar-refractivity contribution in [3.63, 3.8) is 0 Å². The van der Waals surface area contributed by atoms with Crippen molar-refractivity contribution in [3.8, 4) is 5.75 Å². The zero-order valence-corrected chi connectivity index (χ0v) is 10.4. The molecule has 16 heavy (non-hydrogen) atoms. The van der Waals surface area contributed by atoms with E-state index in [2.05, 4.69) is 12.2 Å². The molecule has 1 aromatic rings. The maximum atomic E-state index is 9.78. The second-order valence-corrected chi connectivity index (χ2v) is 4.31. The quantitative estimate of drug-likeness (QED) is 0.805. The predicted molar refractivity (Wildman–Crippen MR) is 65.7 cm³/mol. The molecule has 0 radical (unpaired) electrons. The van der Waals surface area contributed by atoms with Crippen LogP contribution >= 0.6 is 0 Å². The summed E-state index contributed by atoms with van der Waals surface area (Å²) in [6.07, 6.45) is 0. The number of methoxy groups -OCH3 is 1.